The summed E-state index contributed by atoms with van der Waals surface area (Å²) in [5, 5.41) is 3.32. The van der Waals surface area contributed by atoms with Crippen molar-refractivity contribution in [3.8, 4) is 5.75 Å². The van der Waals surface area contributed by atoms with Crippen molar-refractivity contribution in [2.75, 3.05) is 26.7 Å². The van der Waals surface area contributed by atoms with Crippen LogP contribution in [0.2, 0.25) is 0 Å². The van der Waals surface area contributed by atoms with Gasteiger partial charge >= 0.3 is 6.09 Å². The minimum atomic E-state index is -0.204. The molecule has 2 aliphatic rings. The maximum Gasteiger partial charge on any atom is 0.410 e. The van der Waals surface area contributed by atoms with Gasteiger partial charge in [0.25, 0.3) is 0 Å². The minimum Gasteiger partial charge on any atom is -0.497 e. The Hall–Kier alpha value is -1.75. The molecule has 2 saturated heterocycles. The van der Waals surface area contributed by atoms with Crippen molar-refractivity contribution >= 4 is 6.09 Å². The Morgan fingerprint density at radius 1 is 1.50 bits per heavy atom. The first-order valence-corrected chi connectivity index (χ1v) is 7.05. The summed E-state index contributed by atoms with van der Waals surface area (Å²) in [7, 11) is 1.65. The van der Waals surface area contributed by atoms with Crippen molar-refractivity contribution in [3.05, 3.63) is 29.8 Å². The first-order chi connectivity index (χ1) is 9.76. The van der Waals surface area contributed by atoms with Gasteiger partial charge < -0.3 is 19.7 Å². The molecule has 2 aliphatic heterocycles. The number of carbonyl (C=O) groups is 1. The van der Waals surface area contributed by atoms with Gasteiger partial charge in [0.15, 0.2) is 0 Å². The Kier molecular flexibility index (Phi) is 3.78. The Morgan fingerprint density at radius 3 is 3.15 bits per heavy atom. The van der Waals surface area contributed by atoms with Crippen LogP contribution in [0.25, 0.3) is 0 Å². The Morgan fingerprint density at radius 2 is 2.40 bits per heavy atom. The van der Waals surface area contributed by atoms with Gasteiger partial charge in [-0.1, -0.05) is 12.1 Å². The third kappa shape index (κ3) is 2.72. The van der Waals surface area contributed by atoms with E-state index in [9.17, 15) is 4.79 Å². The second kappa shape index (κ2) is 5.71. The predicted octanol–water partition coefficient (Wildman–Crippen LogP) is 1.63. The summed E-state index contributed by atoms with van der Waals surface area (Å²) < 4.78 is 10.7. The van der Waals surface area contributed by atoms with E-state index in [0.717, 1.165) is 30.8 Å². The van der Waals surface area contributed by atoms with E-state index in [2.05, 4.69) is 5.32 Å². The topological polar surface area (TPSA) is 50.8 Å². The molecule has 5 heteroatoms. The summed E-state index contributed by atoms with van der Waals surface area (Å²) in [4.78, 5) is 13.7. The molecule has 0 radical (unpaired) electrons. The molecule has 108 valence electrons. The molecular weight excluding hydrogens is 256 g/mol. The van der Waals surface area contributed by atoms with E-state index in [0.29, 0.717) is 19.0 Å². The zero-order valence-corrected chi connectivity index (χ0v) is 11.7. The van der Waals surface area contributed by atoms with Crippen LogP contribution in [-0.4, -0.2) is 43.8 Å². The van der Waals surface area contributed by atoms with E-state index < -0.39 is 0 Å². The van der Waals surface area contributed by atoms with E-state index in [1.165, 1.54) is 0 Å². The standard InChI is InChI=1S/C15H20N2O3/c1-19-13-4-2-3-11(7-13)9-17-10-14(20-15(17)18)12-5-6-16-8-12/h2-4,7,12,14,16H,5-6,8-10H2,1H3. The average Bonchev–Trinajstić information content (AvgIpc) is 3.10. The summed E-state index contributed by atoms with van der Waals surface area (Å²) in [6.45, 7) is 3.23. The summed E-state index contributed by atoms with van der Waals surface area (Å²) in [6, 6.07) is 7.80. The highest BCUT2D eigenvalue weighted by molar-refractivity contribution is 5.70. The fourth-order valence-electron chi connectivity index (χ4n) is 2.89. The molecule has 20 heavy (non-hydrogen) atoms. The molecule has 2 atom stereocenters. The number of hydrogen-bond acceptors (Lipinski definition) is 4. The van der Waals surface area contributed by atoms with Crippen LogP contribution in [0.15, 0.2) is 24.3 Å². The Balaban J connectivity index is 1.63. The number of benzene rings is 1. The van der Waals surface area contributed by atoms with Crippen molar-refractivity contribution in [2.45, 2.75) is 19.1 Å². The van der Waals surface area contributed by atoms with Crippen LogP contribution < -0.4 is 10.1 Å². The molecule has 1 aromatic carbocycles. The van der Waals surface area contributed by atoms with Gasteiger partial charge in [-0.2, -0.15) is 0 Å². The van der Waals surface area contributed by atoms with Gasteiger partial charge in [-0.15, -0.1) is 0 Å². The van der Waals surface area contributed by atoms with Crippen molar-refractivity contribution < 1.29 is 14.3 Å². The maximum absolute atomic E-state index is 12.0. The lowest BCUT2D eigenvalue weighted by Crippen LogP contribution is -2.28. The van der Waals surface area contributed by atoms with Crippen LogP contribution in [0, 0.1) is 5.92 Å². The van der Waals surface area contributed by atoms with Gasteiger partial charge in [-0.05, 0) is 30.7 Å². The van der Waals surface area contributed by atoms with E-state index in [4.69, 9.17) is 9.47 Å². The summed E-state index contributed by atoms with van der Waals surface area (Å²) >= 11 is 0. The maximum atomic E-state index is 12.0. The smallest absolute Gasteiger partial charge is 0.410 e. The minimum absolute atomic E-state index is 0.0307. The number of amides is 1. The molecule has 2 fully saturated rings. The van der Waals surface area contributed by atoms with Crippen LogP contribution in [0.5, 0.6) is 5.75 Å². The van der Waals surface area contributed by atoms with E-state index in [1.54, 1.807) is 12.0 Å². The lowest BCUT2D eigenvalue weighted by molar-refractivity contribution is 0.107. The molecule has 3 rings (SSSR count). The van der Waals surface area contributed by atoms with Gasteiger partial charge in [0.2, 0.25) is 0 Å². The summed E-state index contributed by atoms with van der Waals surface area (Å²) in [5.41, 5.74) is 1.06. The molecule has 0 spiro atoms. The fourth-order valence-corrected chi connectivity index (χ4v) is 2.89. The molecule has 1 amide bonds. The molecule has 2 unspecified atom stereocenters. The summed E-state index contributed by atoms with van der Waals surface area (Å²) in [5.74, 6) is 1.26. The number of cyclic esters (lactones) is 1. The molecule has 0 bridgehead atoms. The number of ether oxygens (including phenoxy) is 2. The van der Waals surface area contributed by atoms with Gasteiger partial charge in [-0.3, -0.25) is 0 Å². The monoisotopic (exact) mass is 276 g/mol. The zero-order valence-electron chi connectivity index (χ0n) is 11.7. The third-order valence-corrected chi connectivity index (χ3v) is 4.04. The van der Waals surface area contributed by atoms with Crippen LogP contribution in [-0.2, 0) is 11.3 Å². The van der Waals surface area contributed by atoms with Crippen molar-refractivity contribution in [1.29, 1.82) is 0 Å². The van der Waals surface area contributed by atoms with E-state index in [-0.39, 0.29) is 12.2 Å². The molecule has 1 aromatic rings. The first kappa shape index (κ1) is 13.2. The number of carbonyl (C=O) groups excluding carboxylic acids is 1. The molecule has 0 aromatic heterocycles. The van der Waals surface area contributed by atoms with E-state index >= 15 is 0 Å². The number of nitrogens with zero attached hydrogens (tertiary/aromatic N) is 1. The number of hydrogen-bond donors (Lipinski definition) is 1. The van der Waals surface area contributed by atoms with Crippen molar-refractivity contribution in [1.82, 2.24) is 10.2 Å². The SMILES string of the molecule is COc1cccc(CN2CC(C3CCNC3)OC2=O)c1. The number of rotatable bonds is 4. The van der Waals surface area contributed by atoms with Gasteiger partial charge in [0, 0.05) is 19.0 Å². The number of methoxy groups -OCH3 is 1. The van der Waals surface area contributed by atoms with Gasteiger partial charge in [-0.25, -0.2) is 4.79 Å². The van der Waals surface area contributed by atoms with Crippen molar-refractivity contribution in [2.24, 2.45) is 5.92 Å². The second-order valence-electron chi connectivity index (χ2n) is 5.41. The lowest BCUT2D eigenvalue weighted by atomic mass is 10.0. The average molecular weight is 276 g/mol. The van der Waals surface area contributed by atoms with E-state index in [1.807, 2.05) is 24.3 Å². The highest BCUT2D eigenvalue weighted by Gasteiger charge is 2.37. The fraction of sp³-hybridized carbons (Fsp3) is 0.533. The van der Waals surface area contributed by atoms with Crippen LogP contribution in [0.4, 0.5) is 4.79 Å². The summed E-state index contributed by atoms with van der Waals surface area (Å²) in [6.07, 6.45) is 0.915. The molecule has 5 nitrogen and oxygen atoms in total. The molecular formula is C15H20N2O3. The lowest BCUT2D eigenvalue weighted by Gasteiger charge is -2.16. The van der Waals surface area contributed by atoms with Gasteiger partial charge in [0.1, 0.15) is 11.9 Å². The quantitative estimate of drug-likeness (QED) is 0.908. The Labute approximate surface area is 118 Å². The normalized spacial score (nSPS) is 25.9. The van der Waals surface area contributed by atoms with Crippen molar-refractivity contribution in [3.63, 3.8) is 0 Å². The Bertz CT molecular complexity index is 486. The molecule has 2 heterocycles. The highest BCUT2D eigenvalue weighted by atomic mass is 16.6. The molecule has 0 aliphatic carbocycles. The largest absolute Gasteiger partial charge is 0.497 e. The van der Waals surface area contributed by atoms with Crippen LogP contribution in [0.3, 0.4) is 0 Å². The molecule has 1 N–H and O–H groups in total. The van der Waals surface area contributed by atoms with Crippen LogP contribution >= 0.6 is 0 Å². The second-order valence-corrected chi connectivity index (χ2v) is 5.41. The highest BCUT2D eigenvalue weighted by Crippen LogP contribution is 2.25. The van der Waals surface area contributed by atoms with Gasteiger partial charge in [0.05, 0.1) is 13.7 Å². The predicted molar refractivity (Wildman–Crippen MR) is 74.6 cm³/mol. The zero-order chi connectivity index (χ0) is 13.9. The third-order valence-electron chi connectivity index (χ3n) is 4.04. The van der Waals surface area contributed by atoms with Crippen LogP contribution in [0.1, 0.15) is 12.0 Å². The molecule has 0 saturated carbocycles. The first-order valence-electron chi connectivity index (χ1n) is 7.05. The number of nitrogens with one attached hydrogen (secondary N) is 1.